The number of methoxy groups -OCH3 is 1. The largest absolute Gasteiger partial charge is 0.469 e. The smallest absolute Gasteiger partial charge is 0.310 e. The Kier molecular flexibility index (Phi) is 7.18. The van der Waals surface area contributed by atoms with Crippen molar-refractivity contribution in [1.82, 2.24) is 14.8 Å². The second kappa shape index (κ2) is 8.40. The zero-order valence-electron chi connectivity index (χ0n) is 13.6. The first-order valence-corrected chi connectivity index (χ1v) is 7.19. The van der Waals surface area contributed by atoms with Crippen molar-refractivity contribution >= 4 is 35.9 Å². The van der Waals surface area contributed by atoms with Crippen LogP contribution in [0, 0.1) is 11.8 Å². The van der Waals surface area contributed by atoms with Crippen LogP contribution in [0.3, 0.4) is 0 Å². The minimum atomic E-state index is -0.136. The maximum absolute atomic E-state index is 11.8. The molecule has 1 aliphatic rings. The van der Waals surface area contributed by atoms with Gasteiger partial charge in [0.05, 0.1) is 13.0 Å². The monoisotopic (exact) mass is 420 g/mol. The van der Waals surface area contributed by atoms with Gasteiger partial charge in [-0.2, -0.15) is 0 Å². The van der Waals surface area contributed by atoms with E-state index in [0.29, 0.717) is 6.54 Å². The predicted octanol–water partition coefficient (Wildman–Crippen LogP) is 1.46. The first-order valence-electron chi connectivity index (χ1n) is 7.19. The summed E-state index contributed by atoms with van der Waals surface area (Å²) < 4.78 is 6.89. The number of hydrogen-bond donors (Lipinski definition) is 1. The number of guanidine groups is 1. The zero-order valence-corrected chi connectivity index (χ0v) is 15.9. The fraction of sp³-hybridized carbons (Fsp3) is 0.600. The van der Waals surface area contributed by atoms with E-state index in [1.165, 1.54) is 12.7 Å². The second-order valence-corrected chi connectivity index (χ2v) is 5.60. The minimum Gasteiger partial charge on any atom is -0.469 e. The highest BCUT2D eigenvalue weighted by molar-refractivity contribution is 14.0. The number of likely N-dealkylation sites (tertiary alicyclic amines) is 1. The summed E-state index contributed by atoms with van der Waals surface area (Å²) in [5, 5.41) is 3.35. The van der Waals surface area contributed by atoms with Gasteiger partial charge in [0.25, 0.3) is 0 Å². The zero-order chi connectivity index (χ0) is 15.4. The van der Waals surface area contributed by atoms with Crippen LogP contribution in [0.15, 0.2) is 23.5 Å². The van der Waals surface area contributed by atoms with Gasteiger partial charge < -0.3 is 19.5 Å². The maximum atomic E-state index is 11.8. The normalized spacial score (nSPS) is 21.5. The van der Waals surface area contributed by atoms with Crippen molar-refractivity contribution in [3.8, 4) is 0 Å². The van der Waals surface area contributed by atoms with Crippen molar-refractivity contribution in [3.05, 3.63) is 24.0 Å². The molecule has 1 saturated heterocycles. The number of aromatic nitrogens is 1. The number of nitrogens with one attached hydrogen (secondary N) is 1. The quantitative estimate of drug-likeness (QED) is 0.348. The van der Waals surface area contributed by atoms with Gasteiger partial charge >= 0.3 is 5.97 Å². The predicted molar refractivity (Wildman–Crippen MR) is 97.3 cm³/mol. The summed E-state index contributed by atoms with van der Waals surface area (Å²) in [4.78, 5) is 18.2. The van der Waals surface area contributed by atoms with E-state index in [-0.39, 0.29) is 41.8 Å². The van der Waals surface area contributed by atoms with E-state index in [2.05, 4.69) is 34.4 Å². The standard InChI is InChI=1S/C15H24N4O2.HI/c1-11-8-19(10-13(11)14(20)21-4)15(16-2)17-7-12-5-6-18(3)9-12;/h5-6,9,11,13H,7-8,10H2,1-4H3,(H,16,17);1H. The summed E-state index contributed by atoms with van der Waals surface area (Å²) in [5.74, 6) is 0.888. The number of halogens is 1. The van der Waals surface area contributed by atoms with Crippen LogP contribution in [0.1, 0.15) is 12.5 Å². The molecule has 2 unspecified atom stereocenters. The molecular formula is C15H25IN4O2. The van der Waals surface area contributed by atoms with Gasteiger partial charge in [-0.05, 0) is 17.5 Å². The lowest BCUT2D eigenvalue weighted by Crippen LogP contribution is -2.40. The number of rotatable bonds is 3. The average Bonchev–Trinajstić information content (AvgIpc) is 3.05. The number of carbonyl (C=O) groups is 1. The van der Waals surface area contributed by atoms with E-state index in [0.717, 1.165) is 19.0 Å². The lowest BCUT2D eigenvalue weighted by molar-refractivity contribution is -0.145. The fourth-order valence-corrected chi connectivity index (χ4v) is 2.78. The topological polar surface area (TPSA) is 58.9 Å². The molecule has 1 N–H and O–H groups in total. The Labute approximate surface area is 148 Å². The summed E-state index contributed by atoms with van der Waals surface area (Å²) in [7, 11) is 5.21. The van der Waals surface area contributed by atoms with E-state index in [9.17, 15) is 4.79 Å². The van der Waals surface area contributed by atoms with Crippen molar-refractivity contribution in [3.63, 3.8) is 0 Å². The van der Waals surface area contributed by atoms with E-state index in [1.807, 2.05) is 17.8 Å². The molecule has 1 fully saturated rings. The van der Waals surface area contributed by atoms with Crippen LogP contribution in [0.2, 0.25) is 0 Å². The average molecular weight is 420 g/mol. The Hall–Kier alpha value is -1.25. The van der Waals surface area contributed by atoms with E-state index < -0.39 is 0 Å². The van der Waals surface area contributed by atoms with E-state index >= 15 is 0 Å². The molecule has 2 rings (SSSR count). The van der Waals surface area contributed by atoms with Crippen molar-refractivity contribution < 1.29 is 9.53 Å². The summed E-state index contributed by atoms with van der Waals surface area (Å²) >= 11 is 0. The van der Waals surface area contributed by atoms with Crippen LogP contribution >= 0.6 is 24.0 Å². The third-order valence-electron chi connectivity index (χ3n) is 3.97. The molecule has 22 heavy (non-hydrogen) atoms. The molecule has 2 atom stereocenters. The Morgan fingerprint density at radius 1 is 1.50 bits per heavy atom. The molecule has 0 bridgehead atoms. The van der Waals surface area contributed by atoms with Gasteiger partial charge in [-0.1, -0.05) is 6.92 Å². The minimum absolute atomic E-state index is 0. The number of hydrogen-bond acceptors (Lipinski definition) is 3. The van der Waals surface area contributed by atoms with Crippen LogP contribution in [0.4, 0.5) is 0 Å². The third-order valence-corrected chi connectivity index (χ3v) is 3.97. The molecule has 124 valence electrons. The summed E-state index contributed by atoms with van der Waals surface area (Å²) in [6, 6.07) is 2.07. The third kappa shape index (κ3) is 4.37. The van der Waals surface area contributed by atoms with E-state index in [4.69, 9.17) is 4.74 Å². The molecule has 0 aromatic carbocycles. The van der Waals surface area contributed by atoms with Gasteiger partial charge in [0.1, 0.15) is 0 Å². The van der Waals surface area contributed by atoms with Crippen LogP contribution in [0.25, 0.3) is 0 Å². The maximum Gasteiger partial charge on any atom is 0.310 e. The fourth-order valence-electron chi connectivity index (χ4n) is 2.78. The number of aryl methyl sites for hydroxylation is 1. The molecule has 0 aliphatic carbocycles. The van der Waals surface area contributed by atoms with Crippen LogP contribution < -0.4 is 5.32 Å². The number of aliphatic imine (C=N–C) groups is 1. The van der Waals surface area contributed by atoms with Crippen molar-refractivity contribution in [1.29, 1.82) is 0 Å². The van der Waals surface area contributed by atoms with Gasteiger partial charge in [-0.15, -0.1) is 24.0 Å². The molecular weight excluding hydrogens is 395 g/mol. The Balaban J connectivity index is 0.00000242. The lowest BCUT2D eigenvalue weighted by atomic mass is 9.99. The van der Waals surface area contributed by atoms with Crippen LogP contribution in [-0.2, 0) is 23.1 Å². The first kappa shape index (κ1) is 18.8. The van der Waals surface area contributed by atoms with Gasteiger partial charge in [-0.25, -0.2) is 0 Å². The number of carbonyl (C=O) groups excluding carboxylic acids is 1. The number of ether oxygens (including phenoxy) is 1. The number of esters is 1. The van der Waals surface area contributed by atoms with Crippen molar-refractivity contribution in [2.24, 2.45) is 23.9 Å². The van der Waals surface area contributed by atoms with E-state index in [1.54, 1.807) is 7.05 Å². The molecule has 1 aliphatic heterocycles. The highest BCUT2D eigenvalue weighted by Crippen LogP contribution is 2.24. The summed E-state index contributed by atoms with van der Waals surface area (Å²) in [6.07, 6.45) is 4.09. The highest BCUT2D eigenvalue weighted by Gasteiger charge is 2.36. The van der Waals surface area contributed by atoms with Crippen LogP contribution in [0.5, 0.6) is 0 Å². The molecule has 0 saturated carbocycles. The molecule has 1 aromatic heterocycles. The van der Waals surface area contributed by atoms with Gasteiger partial charge in [0.2, 0.25) is 0 Å². The Bertz CT molecular complexity index is 529. The van der Waals surface area contributed by atoms with Crippen molar-refractivity contribution in [2.75, 3.05) is 27.2 Å². The molecule has 7 heteroatoms. The SMILES string of the molecule is CN=C(NCc1ccn(C)c1)N1CC(C)C(C(=O)OC)C1.I. The first-order chi connectivity index (χ1) is 10.0. The molecule has 0 amide bonds. The molecule has 0 radical (unpaired) electrons. The molecule has 0 spiro atoms. The number of nitrogens with zero attached hydrogens (tertiary/aromatic N) is 3. The summed E-state index contributed by atoms with van der Waals surface area (Å²) in [5.41, 5.74) is 1.20. The Morgan fingerprint density at radius 3 is 2.77 bits per heavy atom. The molecule has 2 heterocycles. The highest BCUT2D eigenvalue weighted by atomic mass is 127. The Morgan fingerprint density at radius 2 is 2.23 bits per heavy atom. The van der Waals surface area contributed by atoms with Crippen molar-refractivity contribution in [2.45, 2.75) is 13.5 Å². The summed E-state index contributed by atoms with van der Waals surface area (Å²) in [6.45, 7) is 4.27. The van der Waals surface area contributed by atoms with Crippen LogP contribution in [-0.4, -0.2) is 48.6 Å². The molecule has 1 aromatic rings. The van der Waals surface area contributed by atoms with Gasteiger partial charge in [-0.3, -0.25) is 9.79 Å². The van der Waals surface area contributed by atoms with Gasteiger partial charge in [0.15, 0.2) is 5.96 Å². The molecule has 6 nitrogen and oxygen atoms in total. The van der Waals surface area contributed by atoms with Gasteiger partial charge in [0, 0.05) is 46.1 Å². The lowest BCUT2D eigenvalue weighted by Gasteiger charge is -2.21. The second-order valence-electron chi connectivity index (χ2n) is 5.60.